The number of ether oxygens (including phenoxy) is 1. The van der Waals surface area contributed by atoms with E-state index in [0.29, 0.717) is 12.1 Å². The number of rotatable bonds is 5. The molecule has 0 saturated heterocycles. The molecule has 1 atom stereocenters. The summed E-state index contributed by atoms with van der Waals surface area (Å²) < 4.78 is 18.9. The zero-order chi connectivity index (χ0) is 14.4. The van der Waals surface area contributed by atoms with E-state index in [1.54, 1.807) is 37.4 Å². The summed E-state index contributed by atoms with van der Waals surface area (Å²) in [6, 6.07) is 9.45. The van der Waals surface area contributed by atoms with E-state index in [2.05, 4.69) is 10.3 Å². The van der Waals surface area contributed by atoms with Crippen molar-refractivity contribution in [2.45, 2.75) is 19.4 Å². The lowest BCUT2D eigenvalue weighted by Crippen LogP contribution is -2.32. The molecule has 1 aromatic heterocycles. The number of amides is 1. The fourth-order valence-corrected chi connectivity index (χ4v) is 1.68. The number of carbonyl (C=O) groups is 1. The SMILES string of the molecule is CC[C@H](Oc1ccccc1F)C(=O)Nc1cccnc1. The molecule has 4 nitrogen and oxygen atoms in total. The molecule has 0 unspecified atom stereocenters. The molecule has 0 aliphatic rings. The quantitative estimate of drug-likeness (QED) is 0.911. The molecular formula is C15H15FN2O2. The van der Waals surface area contributed by atoms with Gasteiger partial charge in [0.15, 0.2) is 17.7 Å². The van der Waals surface area contributed by atoms with Gasteiger partial charge in [-0.3, -0.25) is 9.78 Å². The maximum absolute atomic E-state index is 13.5. The van der Waals surface area contributed by atoms with Crippen molar-refractivity contribution in [1.29, 1.82) is 0 Å². The van der Waals surface area contributed by atoms with Gasteiger partial charge in [0.25, 0.3) is 5.91 Å². The largest absolute Gasteiger partial charge is 0.478 e. The maximum Gasteiger partial charge on any atom is 0.265 e. The molecule has 1 N–H and O–H groups in total. The van der Waals surface area contributed by atoms with Crippen LogP contribution in [0.2, 0.25) is 0 Å². The number of hydrogen-bond acceptors (Lipinski definition) is 3. The van der Waals surface area contributed by atoms with E-state index in [1.807, 2.05) is 0 Å². The Balaban J connectivity index is 2.05. The number of carbonyl (C=O) groups excluding carboxylic acids is 1. The molecule has 0 fully saturated rings. The van der Waals surface area contributed by atoms with E-state index in [4.69, 9.17) is 4.74 Å². The molecule has 2 rings (SSSR count). The number of para-hydroxylation sites is 1. The number of benzene rings is 1. The van der Waals surface area contributed by atoms with Crippen molar-refractivity contribution >= 4 is 11.6 Å². The first-order valence-corrected chi connectivity index (χ1v) is 6.32. The van der Waals surface area contributed by atoms with Crippen LogP contribution in [0.5, 0.6) is 5.75 Å². The summed E-state index contributed by atoms with van der Waals surface area (Å²) in [5.41, 5.74) is 0.577. The Kier molecular flexibility index (Phi) is 4.65. The second-order valence-electron chi connectivity index (χ2n) is 4.18. The summed E-state index contributed by atoms with van der Waals surface area (Å²) in [5, 5.41) is 2.68. The second-order valence-corrected chi connectivity index (χ2v) is 4.18. The lowest BCUT2D eigenvalue weighted by atomic mass is 10.2. The van der Waals surface area contributed by atoms with Gasteiger partial charge in [-0.05, 0) is 30.7 Å². The highest BCUT2D eigenvalue weighted by Gasteiger charge is 2.19. The van der Waals surface area contributed by atoms with Gasteiger partial charge in [0.2, 0.25) is 0 Å². The maximum atomic E-state index is 13.5. The minimum absolute atomic E-state index is 0.0701. The summed E-state index contributed by atoms with van der Waals surface area (Å²) in [6.07, 6.45) is 2.82. The van der Waals surface area contributed by atoms with Crippen LogP contribution in [0.1, 0.15) is 13.3 Å². The predicted molar refractivity (Wildman–Crippen MR) is 74.0 cm³/mol. The highest BCUT2D eigenvalue weighted by molar-refractivity contribution is 5.94. The molecule has 0 bridgehead atoms. The molecule has 1 heterocycles. The number of pyridine rings is 1. The van der Waals surface area contributed by atoms with Crippen LogP contribution < -0.4 is 10.1 Å². The van der Waals surface area contributed by atoms with Gasteiger partial charge in [0, 0.05) is 6.20 Å². The summed E-state index contributed by atoms with van der Waals surface area (Å²) in [4.78, 5) is 16.0. The van der Waals surface area contributed by atoms with Gasteiger partial charge >= 0.3 is 0 Å². The lowest BCUT2D eigenvalue weighted by molar-refractivity contribution is -0.122. The van der Waals surface area contributed by atoms with Crippen LogP contribution in [-0.2, 0) is 4.79 Å². The number of halogens is 1. The smallest absolute Gasteiger partial charge is 0.265 e. The molecule has 0 aliphatic carbocycles. The van der Waals surface area contributed by atoms with Crippen molar-refractivity contribution in [2.24, 2.45) is 0 Å². The van der Waals surface area contributed by atoms with E-state index in [-0.39, 0.29) is 11.7 Å². The Hall–Kier alpha value is -2.43. The third-order valence-electron chi connectivity index (χ3n) is 2.70. The van der Waals surface area contributed by atoms with Crippen molar-refractivity contribution < 1.29 is 13.9 Å². The molecule has 0 spiro atoms. The Morgan fingerprint density at radius 1 is 1.35 bits per heavy atom. The summed E-state index contributed by atoms with van der Waals surface area (Å²) in [6.45, 7) is 1.80. The van der Waals surface area contributed by atoms with Crippen LogP contribution in [0.4, 0.5) is 10.1 Å². The molecule has 5 heteroatoms. The highest BCUT2D eigenvalue weighted by atomic mass is 19.1. The monoisotopic (exact) mass is 274 g/mol. The van der Waals surface area contributed by atoms with Gasteiger partial charge in [0.1, 0.15) is 0 Å². The average molecular weight is 274 g/mol. The topological polar surface area (TPSA) is 51.2 Å². The first-order valence-electron chi connectivity index (χ1n) is 6.32. The van der Waals surface area contributed by atoms with Gasteiger partial charge in [-0.15, -0.1) is 0 Å². The highest BCUT2D eigenvalue weighted by Crippen LogP contribution is 2.18. The summed E-state index contributed by atoms with van der Waals surface area (Å²) in [7, 11) is 0. The normalized spacial score (nSPS) is 11.7. The van der Waals surface area contributed by atoms with Gasteiger partial charge in [-0.1, -0.05) is 19.1 Å². The fourth-order valence-electron chi connectivity index (χ4n) is 1.68. The summed E-state index contributed by atoms with van der Waals surface area (Å²) >= 11 is 0. The second kappa shape index (κ2) is 6.65. The van der Waals surface area contributed by atoms with Crippen molar-refractivity contribution in [3.05, 3.63) is 54.6 Å². The first-order chi connectivity index (χ1) is 9.70. The number of aromatic nitrogens is 1. The minimum Gasteiger partial charge on any atom is -0.478 e. The van der Waals surface area contributed by atoms with Crippen molar-refractivity contribution in [3.8, 4) is 5.75 Å². The van der Waals surface area contributed by atoms with Gasteiger partial charge < -0.3 is 10.1 Å². The fraction of sp³-hybridized carbons (Fsp3) is 0.200. The molecule has 20 heavy (non-hydrogen) atoms. The van der Waals surface area contributed by atoms with Crippen LogP contribution >= 0.6 is 0 Å². The lowest BCUT2D eigenvalue weighted by Gasteiger charge is -2.17. The minimum atomic E-state index is -0.757. The van der Waals surface area contributed by atoms with Crippen molar-refractivity contribution in [3.63, 3.8) is 0 Å². The van der Waals surface area contributed by atoms with Crippen LogP contribution in [0.15, 0.2) is 48.8 Å². The molecule has 1 aromatic carbocycles. The zero-order valence-corrected chi connectivity index (χ0v) is 11.0. The number of nitrogens with zero attached hydrogens (tertiary/aromatic N) is 1. The third kappa shape index (κ3) is 3.54. The molecule has 2 aromatic rings. The van der Waals surface area contributed by atoms with Crippen LogP contribution in [0.25, 0.3) is 0 Å². The third-order valence-corrected chi connectivity index (χ3v) is 2.70. The predicted octanol–water partition coefficient (Wildman–Crippen LogP) is 3.02. The summed E-state index contributed by atoms with van der Waals surface area (Å²) in [5.74, 6) is -0.746. The van der Waals surface area contributed by atoms with E-state index in [0.717, 1.165) is 0 Å². The van der Waals surface area contributed by atoms with E-state index in [1.165, 1.54) is 18.3 Å². The van der Waals surface area contributed by atoms with E-state index < -0.39 is 11.9 Å². The molecule has 0 aliphatic heterocycles. The molecule has 0 radical (unpaired) electrons. The van der Waals surface area contributed by atoms with Crippen molar-refractivity contribution in [1.82, 2.24) is 4.98 Å². The Bertz CT molecular complexity index is 575. The number of hydrogen-bond donors (Lipinski definition) is 1. The Morgan fingerprint density at radius 2 is 2.15 bits per heavy atom. The average Bonchev–Trinajstić information content (AvgIpc) is 2.47. The van der Waals surface area contributed by atoms with Crippen LogP contribution in [-0.4, -0.2) is 17.0 Å². The molecular weight excluding hydrogens is 259 g/mol. The number of anilines is 1. The first kappa shape index (κ1) is 14.0. The standard InChI is InChI=1S/C15H15FN2O2/c1-2-13(20-14-8-4-3-7-12(14)16)15(19)18-11-6-5-9-17-10-11/h3-10,13H,2H2,1H3,(H,18,19)/t13-/m0/s1. The van der Waals surface area contributed by atoms with Gasteiger partial charge in [0.05, 0.1) is 11.9 Å². The van der Waals surface area contributed by atoms with E-state index in [9.17, 15) is 9.18 Å². The van der Waals surface area contributed by atoms with Crippen LogP contribution in [0, 0.1) is 5.82 Å². The molecule has 1 amide bonds. The van der Waals surface area contributed by atoms with E-state index >= 15 is 0 Å². The molecule has 0 saturated carbocycles. The van der Waals surface area contributed by atoms with Gasteiger partial charge in [-0.25, -0.2) is 4.39 Å². The molecule has 104 valence electrons. The zero-order valence-electron chi connectivity index (χ0n) is 11.0. The number of nitrogens with one attached hydrogen (secondary N) is 1. The van der Waals surface area contributed by atoms with Crippen molar-refractivity contribution in [2.75, 3.05) is 5.32 Å². The Labute approximate surface area is 116 Å². The van der Waals surface area contributed by atoms with Crippen LogP contribution in [0.3, 0.4) is 0 Å². The van der Waals surface area contributed by atoms with Gasteiger partial charge in [-0.2, -0.15) is 0 Å². The Morgan fingerprint density at radius 3 is 2.80 bits per heavy atom.